The SMILES string of the molecule is CC/C=C/C=C/C#N. The molecule has 0 saturated carbocycles. The minimum Gasteiger partial charge on any atom is -0.193 e. The lowest BCUT2D eigenvalue weighted by molar-refractivity contribution is 1.22. The zero-order valence-electron chi connectivity index (χ0n) is 4.96. The van der Waals surface area contributed by atoms with Gasteiger partial charge >= 0.3 is 0 Å². The van der Waals surface area contributed by atoms with Crippen LogP contribution in [-0.2, 0) is 0 Å². The van der Waals surface area contributed by atoms with Crippen LogP contribution >= 0.6 is 0 Å². The average Bonchev–Trinajstić information content (AvgIpc) is 1.81. The normalized spacial score (nSPS) is 10.5. The van der Waals surface area contributed by atoms with E-state index in [-0.39, 0.29) is 0 Å². The van der Waals surface area contributed by atoms with Crippen LogP contribution in [0.25, 0.3) is 0 Å². The van der Waals surface area contributed by atoms with Gasteiger partial charge < -0.3 is 0 Å². The maximum absolute atomic E-state index is 7.99. The third kappa shape index (κ3) is 4.97. The molecule has 0 aliphatic heterocycles. The summed E-state index contributed by atoms with van der Waals surface area (Å²) in [6.45, 7) is 2.05. The lowest BCUT2D eigenvalue weighted by Gasteiger charge is -1.69. The predicted octanol–water partition coefficient (Wildman–Crippen LogP) is 2.03. The molecule has 0 aliphatic carbocycles. The van der Waals surface area contributed by atoms with Gasteiger partial charge in [0.1, 0.15) is 0 Å². The molecule has 0 aromatic rings. The van der Waals surface area contributed by atoms with Gasteiger partial charge in [-0.25, -0.2) is 0 Å². The fourth-order valence-corrected chi connectivity index (χ4v) is 0.313. The van der Waals surface area contributed by atoms with Gasteiger partial charge in [-0.1, -0.05) is 25.2 Å². The molecule has 0 amide bonds. The van der Waals surface area contributed by atoms with Crippen LogP contribution in [-0.4, -0.2) is 0 Å². The van der Waals surface area contributed by atoms with E-state index in [0.29, 0.717) is 0 Å². The average molecular weight is 107 g/mol. The molecular weight excluding hydrogens is 98.1 g/mol. The third-order valence-electron chi connectivity index (χ3n) is 0.654. The third-order valence-corrected chi connectivity index (χ3v) is 0.654. The monoisotopic (exact) mass is 107 g/mol. The van der Waals surface area contributed by atoms with Crippen LogP contribution in [0.4, 0.5) is 0 Å². The topological polar surface area (TPSA) is 23.8 Å². The molecule has 0 rings (SSSR count). The summed E-state index contributed by atoms with van der Waals surface area (Å²) in [6, 6.07) is 1.89. The Hall–Kier alpha value is -1.03. The van der Waals surface area contributed by atoms with Crippen LogP contribution in [0, 0.1) is 11.3 Å². The van der Waals surface area contributed by atoms with Crippen molar-refractivity contribution in [1.29, 1.82) is 5.26 Å². The Morgan fingerprint density at radius 3 is 2.75 bits per heavy atom. The Kier molecular flexibility index (Phi) is 5.20. The van der Waals surface area contributed by atoms with Gasteiger partial charge in [-0.05, 0) is 6.42 Å². The van der Waals surface area contributed by atoms with Crippen LogP contribution in [0.2, 0.25) is 0 Å². The predicted molar refractivity (Wildman–Crippen MR) is 34.2 cm³/mol. The first-order valence-electron chi connectivity index (χ1n) is 2.63. The van der Waals surface area contributed by atoms with Crippen LogP contribution in [0.3, 0.4) is 0 Å². The van der Waals surface area contributed by atoms with E-state index in [1.165, 1.54) is 6.08 Å². The van der Waals surface area contributed by atoms with Crippen molar-refractivity contribution in [2.45, 2.75) is 13.3 Å². The number of allylic oxidation sites excluding steroid dienone is 4. The van der Waals surface area contributed by atoms with Crippen molar-refractivity contribution in [1.82, 2.24) is 0 Å². The van der Waals surface area contributed by atoms with E-state index in [1.807, 2.05) is 18.2 Å². The fraction of sp³-hybridized carbons (Fsp3) is 0.286. The highest BCUT2D eigenvalue weighted by Gasteiger charge is 1.60. The summed E-state index contributed by atoms with van der Waals surface area (Å²) in [5, 5.41) is 7.99. The van der Waals surface area contributed by atoms with E-state index in [4.69, 9.17) is 5.26 Å². The van der Waals surface area contributed by atoms with Crippen molar-refractivity contribution in [2.24, 2.45) is 0 Å². The highest BCUT2D eigenvalue weighted by molar-refractivity contribution is 5.11. The molecule has 0 spiro atoms. The Labute approximate surface area is 49.9 Å². The first-order chi connectivity index (χ1) is 3.91. The van der Waals surface area contributed by atoms with Crippen LogP contribution in [0.15, 0.2) is 24.3 Å². The minimum atomic E-state index is 1.02. The molecule has 1 heteroatoms. The van der Waals surface area contributed by atoms with E-state index < -0.39 is 0 Å². The van der Waals surface area contributed by atoms with Gasteiger partial charge in [-0.15, -0.1) is 0 Å². The van der Waals surface area contributed by atoms with E-state index in [1.54, 1.807) is 6.08 Å². The van der Waals surface area contributed by atoms with Crippen LogP contribution in [0.1, 0.15) is 13.3 Å². The van der Waals surface area contributed by atoms with Gasteiger partial charge in [-0.3, -0.25) is 0 Å². The summed E-state index contributed by atoms with van der Waals surface area (Å²) in [6.07, 6.45) is 8.06. The second-order valence-corrected chi connectivity index (χ2v) is 1.32. The number of nitriles is 1. The maximum atomic E-state index is 7.99. The summed E-state index contributed by atoms with van der Waals surface area (Å²) in [5.74, 6) is 0. The molecule has 0 fully saturated rings. The minimum absolute atomic E-state index is 1.02. The summed E-state index contributed by atoms with van der Waals surface area (Å²) in [7, 11) is 0. The summed E-state index contributed by atoms with van der Waals surface area (Å²) in [4.78, 5) is 0. The van der Waals surface area contributed by atoms with Gasteiger partial charge in [-0.2, -0.15) is 5.26 Å². The van der Waals surface area contributed by atoms with E-state index in [0.717, 1.165) is 6.42 Å². The van der Waals surface area contributed by atoms with Gasteiger partial charge in [0.05, 0.1) is 6.07 Å². The lowest BCUT2D eigenvalue weighted by atomic mass is 10.4. The van der Waals surface area contributed by atoms with Crippen molar-refractivity contribution in [3.63, 3.8) is 0 Å². The molecule has 1 nitrogen and oxygen atoms in total. The Morgan fingerprint density at radius 2 is 2.25 bits per heavy atom. The Bertz CT molecular complexity index is 126. The smallest absolute Gasteiger partial charge is 0.0912 e. The summed E-state index contributed by atoms with van der Waals surface area (Å²) >= 11 is 0. The Morgan fingerprint density at radius 1 is 1.50 bits per heavy atom. The van der Waals surface area contributed by atoms with Crippen molar-refractivity contribution in [3.05, 3.63) is 24.3 Å². The fourth-order valence-electron chi connectivity index (χ4n) is 0.313. The number of hydrogen-bond donors (Lipinski definition) is 0. The number of nitrogens with zero attached hydrogens (tertiary/aromatic N) is 1. The van der Waals surface area contributed by atoms with Gasteiger partial charge in [0.15, 0.2) is 0 Å². The molecule has 0 saturated heterocycles. The molecular formula is C7H9N. The van der Waals surface area contributed by atoms with E-state index >= 15 is 0 Å². The standard InChI is InChI=1S/C7H9N/c1-2-3-4-5-6-7-8/h3-6H,2H2,1H3/b4-3+,6-5+. The van der Waals surface area contributed by atoms with Crippen molar-refractivity contribution >= 4 is 0 Å². The molecule has 0 unspecified atom stereocenters. The maximum Gasteiger partial charge on any atom is 0.0912 e. The molecule has 0 aromatic heterocycles. The van der Waals surface area contributed by atoms with E-state index in [9.17, 15) is 0 Å². The van der Waals surface area contributed by atoms with Gasteiger partial charge in [0.25, 0.3) is 0 Å². The van der Waals surface area contributed by atoms with Crippen molar-refractivity contribution < 1.29 is 0 Å². The molecule has 0 bridgehead atoms. The first kappa shape index (κ1) is 6.97. The highest BCUT2D eigenvalue weighted by atomic mass is 14.2. The quantitative estimate of drug-likeness (QED) is 0.391. The lowest BCUT2D eigenvalue weighted by Crippen LogP contribution is -1.50. The molecule has 0 aliphatic rings. The molecule has 0 aromatic carbocycles. The summed E-state index contributed by atoms with van der Waals surface area (Å²) < 4.78 is 0. The largest absolute Gasteiger partial charge is 0.193 e. The van der Waals surface area contributed by atoms with Crippen molar-refractivity contribution in [3.8, 4) is 6.07 Å². The molecule has 0 heterocycles. The number of hydrogen-bond acceptors (Lipinski definition) is 1. The molecule has 8 heavy (non-hydrogen) atoms. The number of rotatable bonds is 2. The van der Waals surface area contributed by atoms with Gasteiger partial charge in [0, 0.05) is 6.08 Å². The highest BCUT2D eigenvalue weighted by Crippen LogP contribution is 1.79. The Balaban J connectivity index is 3.31. The first-order valence-corrected chi connectivity index (χ1v) is 2.63. The molecule has 0 atom stereocenters. The van der Waals surface area contributed by atoms with E-state index in [2.05, 4.69) is 6.92 Å². The van der Waals surface area contributed by atoms with Gasteiger partial charge in [0.2, 0.25) is 0 Å². The van der Waals surface area contributed by atoms with Crippen LogP contribution in [0.5, 0.6) is 0 Å². The second-order valence-electron chi connectivity index (χ2n) is 1.32. The molecule has 0 N–H and O–H groups in total. The molecule has 0 radical (unpaired) electrons. The van der Waals surface area contributed by atoms with Crippen LogP contribution < -0.4 is 0 Å². The molecule has 42 valence electrons. The zero-order chi connectivity index (χ0) is 6.24. The zero-order valence-corrected chi connectivity index (χ0v) is 4.96. The summed E-state index contributed by atoms with van der Waals surface area (Å²) in [5.41, 5.74) is 0. The van der Waals surface area contributed by atoms with Crippen molar-refractivity contribution in [2.75, 3.05) is 0 Å². The second kappa shape index (κ2) is 5.97.